The highest BCUT2D eigenvalue weighted by Crippen LogP contribution is 2.20. The fourth-order valence-corrected chi connectivity index (χ4v) is 3.67. The molecule has 0 bridgehead atoms. The van der Waals surface area contributed by atoms with Crippen LogP contribution >= 0.6 is 0 Å². The van der Waals surface area contributed by atoms with Crippen molar-refractivity contribution in [1.82, 2.24) is 9.88 Å². The van der Waals surface area contributed by atoms with Crippen molar-refractivity contribution in [2.24, 2.45) is 0 Å². The zero-order chi connectivity index (χ0) is 21.8. The number of carbonyl (C=O) groups is 1. The Labute approximate surface area is 178 Å². The number of benzene rings is 2. The minimum atomic E-state index is -0.382. The average Bonchev–Trinajstić information content (AvgIpc) is 3.28. The molecule has 2 heterocycles. The van der Waals surface area contributed by atoms with Crippen molar-refractivity contribution in [3.05, 3.63) is 70.3 Å². The number of amides is 2. The van der Waals surface area contributed by atoms with Crippen LogP contribution in [-0.2, 0) is 11.3 Å². The van der Waals surface area contributed by atoms with E-state index in [1.807, 2.05) is 6.07 Å². The van der Waals surface area contributed by atoms with Gasteiger partial charge in [0.25, 0.3) is 5.56 Å². The van der Waals surface area contributed by atoms with Crippen molar-refractivity contribution in [2.75, 3.05) is 25.6 Å². The van der Waals surface area contributed by atoms with E-state index in [-0.39, 0.29) is 30.1 Å². The standard InChI is InChI=1S/C23H24FN3O4/c1-30-19-8-9-21-15(12-19)11-16(22(28)26-21)13-27(14-20-3-2-10-31-20)23(29)25-18-6-4-17(24)5-7-18/h4-9,11-12,20H,2-3,10,13-14H2,1H3,(H,25,29)(H,26,28)/t20-/m0/s1. The van der Waals surface area contributed by atoms with Crippen LogP contribution in [0.4, 0.5) is 14.9 Å². The number of aromatic nitrogens is 1. The molecule has 1 aliphatic heterocycles. The van der Waals surface area contributed by atoms with Gasteiger partial charge in [-0.05, 0) is 61.4 Å². The third kappa shape index (κ3) is 5.03. The Balaban J connectivity index is 1.60. The molecule has 1 aromatic heterocycles. The van der Waals surface area contributed by atoms with Crippen molar-refractivity contribution in [3.63, 3.8) is 0 Å². The molecule has 1 saturated heterocycles. The minimum absolute atomic E-state index is 0.0846. The molecule has 3 aromatic rings. The SMILES string of the molecule is COc1ccc2[nH]c(=O)c(CN(C[C@@H]3CCCO3)C(=O)Nc3ccc(F)cc3)cc2c1. The summed E-state index contributed by atoms with van der Waals surface area (Å²) in [6, 6.07) is 12.3. The first-order valence-corrected chi connectivity index (χ1v) is 10.1. The predicted octanol–water partition coefficient (Wildman–Crippen LogP) is 3.89. The quantitative estimate of drug-likeness (QED) is 0.628. The van der Waals surface area contributed by atoms with Gasteiger partial charge < -0.3 is 24.7 Å². The molecule has 0 aliphatic carbocycles. The third-order valence-electron chi connectivity index (χ3n) is 5.32. The van der Waals surface area contributed by atoms with Gasteiger partial charge in [0.15, 0.2) is 0 Å². The van der Waals surface area contributed by atoms with Gasteiger partial charge in [0, 0.05) is 35.3 Å². The number of nitrogens with zero attached hydrogens (tertiary/aromatic N) is 1. The van der Waals surface area contributed by atoms with Crippen LogP contribution in [0.5, 0.6) is 5.75 Å². The van der Waals surface area contributed by atoms with Crippen molar-refractivity contribution in [3.8, 4) is 5.75 Å². The van der Waals surface area contributed by atoms with E-state index in [9.17, 15) is 14.0 Å². The molecule has 1 aliphatic rings. The second-order valence-corrected chi connectivity index (χ2v) is 7.53. The zero-order valence-electron chi connectivity index (χ0n) is 17.2. The molecule has 0 saturated carbocycles. The second kappa shape index (κ2) is 9.18. The number of aromatic amines is 1. The highest BCUT2D eigenvalue weighted by atomic mass is 19.1. The zero-order valence-corrected chi connectivity index (χ0v) is 17.2. The van der Waals surface area contributed by atoms with E-state index in [2.05, 4.69) is 10.3 Å². The Kier molecular flexibility index (Phi) is 6.18. The average molecular weight is 425 g/mol. The summed E-state index contributed by atoms with van der Waals surface area (Å²) in [6.07, 6.45) is 1.71. The van der Waals surface area contributed by atoms with Crippen molar-refractivity contribution in [1.29, 1.82) is 0 Å². The summed E-state index contributed by atoms with van der Waals surface area (Å²) in [5.41, 5.74) is 1.36. The summed E-state index contributed by atoms with van der Waals surface area (Å²) < 4.78 is 24.1. The lowest BCUT2D eigenvalue weighted by molar-refractivity contribution is 0.0818. The molecule has 1 atom stereocenters. The van der Waals surface area contributed by atoms with E-state index >= 15 is 0 Å². The second-order valence-electron chi connectivity index (χ2n) is 7.53. The molecule has 8 heteroatoms. The Morgan fingerprint density at radius 2 is 2.06 bits per heavy atom. The fraction of sp³-hybridized carbons (Fsp3) is 0.304. The molecule has 1 fully saturated rings. The van der Waals surface area contributed by atoms with Crippen molar-refractivity contribution in [2.45, 2.75) is 25.5 Å². The smallest absolute Gasteiger partial charge is 0.322 e. The molecular weight excluding hydrogens is 401 g/mol. The van der Waals surface area contributed by atoms with E-state index in [0.29, 0.717) is 35.7 Å². The van der Waals surface area contributed by atoms with Crippen LogP contribution in [0.25, 0.3) is 10.9 Å². The van der Waals surface area contributed by atoms with Gasteiger partial charge in [0.05, 0.1) is 19.8 Å². The highest BCUT2D eigenvalue weighted by Gasteiger charge is 2.24. The number of H-pyrrole nitrogens is 1. The molecule has 0 unspecified atom stereocenters. The van der Waals surface area contributed by atoms with Crippen LogP contribution in [0, 0.1) is 5.82 Å². The maximum absolute atomic E-state index is 13.2. The summed E-state index contributed by atoms with van der Waals surface area (Å²) in [4.78, 5) is 30.1. The van der Waals surface area contributed by atoms with Crippen LogP contribution in [-0.4, -0.2) is 42.3 Å². The monoisotopic (exact) mass is 425 g/mol. The Bertz CT molecular complexity index is 1120. The lowest BCUT2D eigenvalue weighted by atomic mass is 10.1. The van der Waals surface area contributed by atoms with Gasteiger partial charge >= 0.3 is 6.03 Å². The molecule has 31 heavy (non-hydrogen) atoms. The number of carbonyl (C=O) groups excluding carboxylic acids is 1. The Hall–Kier alpha value is -3.39. The van der Waals surface area contributed by atoms with E-state index in [1.165, 1.54) is 24.3 Å². The van der Waals surface area contributed by atoms with Gasteiger partial charge in [-0.3, -0.25) is 4.79 Å². The Morgan fingerprint density at radius 1 is 1.26 bits per heavy atom. The van der Waals surface area contributed by atoms with Gasteiger partial charge in [-0.25, -0.2) is 9.18 Å². The van der Waals surface area contributed by atoms with Gasteiger partial charge in [0.1, 0.15) is 11.6 Å². The predicted molar refractivity (Wildman–Crippen MR) is 116 cm³/mol. The van der Waals surface area contributed by atoms with E-state index in [1.54, 1.807) is 30.2 Å². The molecule has 2 N–H and O–H groups in total. The van der Waals surface area contributed by atoms with Gasteiger partial charge in [-0.1, -0.05) is 0 Å². The molecule has 2 amide bonds. The summed E-state index contributed by atoms with van der Waals surface area (Å²) in [7, 11) is 1.58. The maximum atomic E-state index is 13.2. The van der Waals surface area contributed by atoms with E-state index in [0.717, 1.165) is 18.2 Å². The number of anilines is 1. The van der Waals surface area contributed by atoms with Crippen LogP contribution in [0.3, 0.4) is 0 Å². The Morgan fingerprint density at radius 3 is 2.77 bits per heavy atom. The molecule has 0 spiro atoms. The fourth-order valence-electron chi connectivity index (χ4n) is 3.67. The first-order chi connectivity index (χ1) is 15.0. The number of halogens is 1. The number of fused-ring (bicyclic) bond motifs is 1. The normalized spacial score (nSPS) is 15.7. The molecule has 2 aromatic carbocycles. The molecular formula is C23H24FN3O4. The molecule has 4 rings (SSSR count). The number of pyridine rings is 1. The highest BCUT2D eigenvalue weighted by molar-refractivity contribution is 5.89. The van der Waals surface area contributed by atoms with Gasteiger partial charge in [0.2, 0.25) is 0 Å². The number of ether oxygens (including phenoxy) is 2. The summed E-state index contributed by atoms with van der Waals surface area (Å²) in [5.74, 6) is 0.295. The molecule has 0 radical (unpaired) electrons. The number of methoxy groups -OCH3 is 1. The van der Waals surface area contributed by atoms with Crippen LogP contribution in [0.2, 0.25) is 0 Å². The van der Waals surface area contributed by atoms with Crippen LogP contribution in [0.1, 0.15) is 18.4 Å². The van der Waals surface area contributed by atoms with E-state index in [4.69, 9.17) is 9.47 Å². The first kappa shape index (κ1) is 20.9. The van der Waals surface area contributed by atoms with Crippen molar-refractivity contribution >= 4 is 22.6 Å². The largest absolute Gasteiger partial charge is 0.497 e. The lowest BCUT2D eigenvalue weighted by Crippen LogP contribution is -2.40. The topological polar surface area (TPSA) is 83.7 Å². The van der Waals surface area contributed by atoms with Gasteiger partial charge in [-0.2, -0.15) is 0 Å². The maximum Gasteiger partial charge on any atom is 0.322 e. The van der Waals surface area contributed by atoms with Crippen LogP contribution in [0.15, 0.2) is 53.3 Å². The van der Waals surface area contributed by atoms with Gasteiger partial charge in [-0.15, -0.1) is 0 Å². The number of rotatable bonds is 6. The summed E-state index contributed by atoms with van der Waals surface area (Å²) in [6.45, 7) is 1.12. The lowest BCUT2D eigenvalue weighted by Gasteiger charge is -2.25. The third-order valence-corrected chi connectivity index (χ3v) is 5.32. The summed E-state index contributed by atoms with van der Waals surface area (Å²) >= 11 is 0. The van der Waals surface area contributed by atoms with Crippen molar-refractivity contribution < 1.29 is 18.7 Å². The minimum Gasteiger partial charge on any atom is -0.497 e. The van der Waals surface area contributed by atoms with E-state index < -0.39 is 0 Å². The molecule has 7 nitrogen and oxygen atoms in total. The van der Waals surface area contributed by atoms with Crippen LogP contribution < -0.4 is 15.6 Å². The molecule has 162 valence electrons. The first-order valence-electron chi connectivity index (χ1n) is 10.1. The number of hydrogen-bond acceptors (Lipinski definition) is 4. The number of hydrogen-bond donors (Lipinski definition) is 2. The number of nitrogens with one attached hydrogen (secondary N) is 2. The number of urea groups is 1. The summed E-state index contributed by atoms with van der Waals surface area (Å²) in [5, 5.41) is 3.58.